The minimum atomic E-state index is -0.172. The summed E-state index contributed by atoms with van der Waals surface area (Å²) in [7, 11) is 0. The molecular weight excluding hydrogens is 386 g/mol. The molecule has 0 aliphatic carbocycles. The number of carbonyl (C=O) groups excluding carboxylic acids is 1. The van der Waals surface area contributed by atoms with Gasteiger partial charge in [-0.15, -0.1) is 0 Å². The van der Waals surface area contributed by atoms with E-state index in [1.165, 1.54) is 11.9 Å². The van der Waals surface area contributed by atoms with Gasteiger partial charge in [0.15, 0.2) is 0 Å². The van der Waals surface area contributed by atoms with Crippen LogP contribution in [0.15, 0.2) is 91.3 Å². The third-order valence-electron chi connectivity index (χ3n) is 4.86. The first-order valence-electron chi connectivity index (χ1n) is 10.2. The molecule has 4 rings (SSSR count). The highest BCUT2D eigenvalue weighted by Crippen LogP contribution is 2.25. The number of carbonyl (C=O) groups is 1. The molecule has 1 heterocycles. The van der Waals surface area contributed by atoms with Crippen LogP contribution in [0.4, 0.5) is 5.69 Å². The van der Waals surface area contributed by atoms with E-state index >= 15 is 0 Å². The van der Waals surface area contributed by atoms with Crippen LogP contribution in [0, 0.1) is 0 Å². The van der Waals surface area contributed by atoms with Crippen LogP contribution in [0.1, 0.15) is 35.7 Å². The van der Waals surface area contributed by atoms with Crippen LogP contribution < -0.4 is 10.1 Å². The van der Waals surface area contributed by atoms with Crippen LogP contribution in [0.25, 0.3) is 11.3 Å². The van der Waals surface area contributed by atoms with E-state index < -0.39 is 0 Å². The highest BCUT2D eigenvalue weighted by Gasteiger charge is 2.10. The smallest absolute Gasteiger partial charge is 0.255 e. The third-order valence-corrected chi connectivity index (χ3v) is 4.86. The number of hydrogen-bond acceptors (Lipinski definition) is 4. The molecule has 0 bridgehead atoms. The molecular formula is C26H23N3O2. The SMILES string of the molecule is CC(C)c1ccc(NC(=O)c2cccc(-c3cc(Oc4ccccc4)ncn3)c2)cc1. The fourth-order valence-electron chi connectivity index (χ4n) is 3.14. The molecule has 0 saturated heterocycles. The van der Waals surface area contributed by atoms with Crippen LogP contribution in [-0.2, 0) is 0 Å². The lowest BCUT2D eigenvalue weighted by Crippen LogP contribution is -2.12. The largest absolute Gasteiger partial charge is 0.439 e. The number of ether oxygens (including phenoxy) is 1. The first-order valence-corrected chi connectivity index (χ1v) is 10.2. The molecule has 3 aromatic carbocycles. The Bertz CT molecular complexity index is 1170. The molecule has 0 radical (unpaired) electrons. The van der Waals surface area contributed by atoms with Crippen LogP contribution in [-0.4, -0.2) is 15.9 Å². The average Bonchev–Trinajstić information content (AvgIpc) is 2.80. The molecule has 1 N–H and O–H groups in total. The Kier molecular flexibility index (Phi) is 6.03. The Morgan fingerprint density at radius 3 is 2.39 bits per heavy atom. The van der Waals surface area contributed by atoms with Crippen LogP contribution in [0.5, 0.6) is 11.6 Å². The Hall–Kier alpha value is -3.99. The highest BCUT2D eigenvalue weighted by molar-refractivity contribution is 6.04. The highest BCUT2D eigenvalue weighted by atomic mass is 16.5. The average molecular weight is 409 g/mol. The third kappa shape index (κ3) is 5.14. The van der Waals surface area contributed by atoms with Crippen molar-refractivity contribution in [3.63, 3.8) is 0 Å². The van der Waals surface area contributed by atoms with Crippen molar-refractivity contribution in [2.45, 2.75) is 19.8 Å². The number of benzene rings is 3. The summed E-state index contributed by atoms with van der Waals surface area (Å²) in [6.07, 6.45) is 1.45. The maximum Gasteiger partial charge on any atom is 0.255 e. The number of rotatable bonds is 6. The Morgan fingerprint density at radius 2 is 1.65 bits per heavy atom. The first-order chi connectivity index (χ1) is 15.1. The van der Waals surface area contributed by atoms with E-state index in [0.29, 0.717) is 28.8 Å². The summed E-state index contributed by atoms with van der Waals surface area (Å²) in [6, 6.07) is 26.5. The predicted octanol–water partition coefficient (Wildman–Crippen LogP) is 6.31. The van der Waals surface area contributed by atoms with E-state index in [4.69, 9.17) is 4.74 Å². The summed E-state index contributed by atoms with van der Waals surface area (Å²) in [5.41, 5.74) is 4.03. The van der Waals surface area contributed by atoms with Gasteiger partial charge in [0.25, 0.3) is 5.91 Å². The van der Waals surface area contributed by atoms with Crippen molar-refractivity contribution < 1.29 is 9.53 Å². The molecule has 0 unspecified atom stereocenters. The second-order valence-electron chi connectivity index (χ2n) is 7.47. The van der Waals surface area contributed by atoms with Gasteiger partial charge in [0.05, 0.1) is 5.69 Å². The minimum Gasteiger partial charge on any atom is -0.439 e. The maximum atomic E-state index is 12.8. The van der Waals surface area contributed by atoms with Gasteiger partial charge in [0.1, 0.15) is 12.1 Å². The number of hydrogen-bond donors (Lipinski definition) is 1. The van der Waals surface area contributed by atoms with Gasteiger partial charge in [-0.25, -0.2) is 9.97 Å². The van der Waals surface area contributed by atoms with Gasteiger partial charge in [-0.1, -0.05) is 56.3 Å². The molecule has 0 spiro atoms. The zero-order valence-electron chi connectivity index (χ0n) is 17.4. The van der Waals surface area contributed by atoms with Gasteiger partial charge < -0.3 is 10.1 Å². The summed E-state index contributed by atoms with van der Waals surface area (Å²) in [5.74, 6) is 1.42. The number of aromatic nitrogens is 2. The van der Waals surface area contributed by atoms with Crippen LogP contribution in [0.3, 0.4) is 0 Å². The van der Waals surface area contributed by atoms with E-state index in [1.807, 2.05) is 72.8 Å². The van der Waals surface area contributed by atoms with Crippen molar-refractivity contribution in [1.82, 2.24) is 9.97 Å². The monoisotopic (exact) mass is 409 g/mol. The van der Waals surface area contributed by atoms with E-state index in [1.54, 1.807) is 12.1 Å². The molecule has 4 aromatic rings. The molecule has 0 saturated carbocycles. The van der Waals surface area contributed by atoms with Gasteiger partial charge in [0.2, 0.25) is 5.88 Å². The van der Waals surface area contributed by atoms with Gasteiger partial charge >= 0.3 is 0 Å². The maximum absolute atomic E-state index is 12.8. The van der Waals surface area contributed by atoms with Crippen LogP contribution >= 0.6 is 0 Å². The van der Waals surface area contributed by atoms with Crippen molar-refractivity contribution in [3.8, 4) is 22.9 Å². The van der Waals surface area contributed by atoms with Crippen molar-refractivity contribution >= 4 is 11.6 Å². The lowest BCUT2D eigenvalue weighted by atomic mass is 10.0. The molecule has 0 aliphatic heterocycles. The number of anilines is 1. The predicted molar refractivity (Wildman–Crippen MR) is 122 cm³/mol. The van der Waals surface area contributed by atoms with Gasteiger partial charge in [-0.2, -0.15) is 0 Å². The molecule has 0 aliphatic rings. The van der Waals surface area contributed by atoms with Crippen molar-refractivity contribution in [3.05, 3.63) is 102 Å². The Morgan fingerprint density at radius 1 is 0.871 bits per heavy atom. The van der Waals surface area contributed by atoms with E-state index in [-0.39, 0.29) is 5.91 Å². The van der Waals surface area contributed by atoms with Crippen molar-refractivity contribution in [1.29, 1.82) is 0 Å². The van der Waals surface area contributed by atoms with E-state index in [2.05, 4.69) is 29.1 Å². The second kappa shape index (κ2) is 9.22. The Labute approximate surface area is 181 Å². The summed E-state index contributed by atoms with van der Waals surface area (Å²) in [5, 5.41) is 2.95. The molecule has 1 amide bonds. The lowest BCUT2D eigenvalue weighted by Gasteiger charge is -2.10. The fraction of sp³-hybridized carbons (Fsp3) is 0.115. The van der Waals surface area contributed by atoms with Crippen molar-refractivity contribution in [2.75, 3.05) is 5.32 Å². The summed E-state index contributed by atoms with van der Waals surface area (Å²) < 4.78 is 5.79. The molecule has 31 heavy (non-hydrogen) atoms. The van der Waals surface area contributed by atoms with Gasteiger partial charge in [-0.3, -0.25) is 4.79 Å². The minimum absolute atomic E-state index is 0.172. The summed E-state index contributed by atoms with van der Waals surface area (Å²) in [6.45, 7) is 4.28. The number of para-hydroxylation sites is 1. The van der Waals surface area contributed by atoms with Gasteiger partial charge in [-0.05, 0) is 47.9 Å². The first kappa shape index (κ1) is 20.3. The molecule has 0 fully saturated rings. The molecule has 154 valence electrons. The van der Waals surface area contributed by atoms with Crippen molar-refractivity contribution in [2.24, 2.45) is 0 Å². The van der Waals surface area contributed by atoms with Crippen LogP contribution in [0.2, 0.25) is 0 Å². The zero-order chi connectivity index (χ0) is 21.6. The van der Waals surface area contributed by atoms with E-state index in [0.717, 1.165) is 11.3 Å². The standard InChI is InChI=1S/C26H23N3O2/c1-18(2)19-11-13-22(14-12-19)29-26(30)21-8-6-7-20(15-21)24-16-25(28-17-27-24)31-23-9-4-3-5-10-23/h3-18H,1-2H3,(H,29,30). The Balaban J connectivity index is 1.51. The van der Waals surface area contributed by atoms with E-state index in [9.17, 15) is 4.79 Å². The topological polar surface area (TPSA) is 64.1 Å². The molecule has 0 atom stereocenters. The summed E-state index contributed by atoms with van der Waals surface area (Å²) in [4.78, 5) is 21.3. The second-order valence-corrected chi connectivity index (χ2v) is 7.47. The molecule has 5 nitrogen and oxygen atoms in total. The summed E-state index contributed by atoms with van der Waals surface area (Å²) >= 11 is 0. The fourth-order valence-corrected chi connectivity index (χ4v) is 3.14. The molecule has 5 heteroatoms. The molecule has 1 aromatic heterocycles. The lowest BCUT2D eigenvalue weighted by molar-refractivity contribution is 0.102. The number of amides is 1. The number of nitrogens with zero attached hydrogens (tertiary/aromatic N) is 2. The number of nitrogens with one attached hydrogen (secondary N) is 1. The van der Waals surface area contributed by atoms with Gasteiger partial charge in [0, 0.05) is 22.9 Å². The quantitative estimate of drug-likeness (QED) is 0.405. The normalized spacial score (nSPS) is 10.7. The zero-order valence-corrected chi connectivity index (χ0v) is 17.4.